The minimum Gasteiger partial charge on any atom is -0.339 e. The minimum absolute atomic E-state index is 0.238. The molecular formula is C23H20ClN5O2. The molecule has 1 amide bonds. The van der Waals surface area contributed by atoms with Gasteiger partial charge in [0.15, 0.2) is 0 Å². The Morgan fingerprint density at radius 3 is 2.71 bits per heavy atom. The van der Waals surface area contributed by atoms with E-state index in [-0.39, 0.29) is 5.91 Å². The van der Waals surface area contributed by atoms with Gasteiger partial charge < -0.3 is 9.84 Å². The standard InChI is InChI=1S/C23H20ClN5O2/c1-14-20(22(30)25-18-7-3-6-17(24)12-18)13-29(27-14)19-10-8-15(9-11-19)21-26-23(31-28-21)16-4-2-5-16/h3,6-13,16H,2,4-5H2,1H3,(H,25,30). The van der Waals surface area contributed by atoms with Crippen molar-refractivity contribution in [1.29, 1.82) is 0 Å². The van der Waals surface area contributed by atoms with Gasteiger partial charge in [0, 0.05) is 28.4 Å². The molecule has 0 unspecified atom stereocenters. The van der Waals surface area contributed by atoms with E-state index >= 15 is 0 Å². The van der Waals surface area contributed by atoms with Gasteiger partial charge in [-0.25, -0.2) is 4.68 Å². The molecule has 8 heteroatoms. The van der Waals surface area contributed by atoms with Crippen LogP contribution in [-0.4, -0.2) is 25.8 Å². The second-order valence-corrected chi connectivity index (χ2v) is 8.10. The first-order valence-corrected chi connectivity index (χ1v) is 10.5. The van der Waals surface area contributed by atoms with Crippen molar-refractivity contribution in [1.82, 2.24) is 19.9 Å². The van der Waals surface area contributed by atoms with Gasteiger partial charge in [0.05, 0.1) is 16.9 Å². The summed E-state index contributed by atoms with van der Waals surface area (Å²) < 4.78 is 7.09. The van der Waals surface area contributed by atoms with Gasteiger partial charge in [-0.3, -0.25) is 4.79 Å². The Hall–Kier alpha value is -3.45. The maximum Gasteiger partial charge on any atom is 0.259 e. The van der Waals surface area contributed by atoms with E-state index in [9.17, 15) is 4.79 Å². The Bertz CT molecular complexity index is 1240. The molecule has 1 N–H and O–H groups in total. The number of carbonyl (C=O) groups excluding carboxylic acids is 1. The highest BCUT2D eigenvalue weighted by molar-refractivity contribution is 6.31. The number of hydrogen-bond donors (Lipinski definition) is 1. The zero-order valence-corrected chi connectivity index (χ0v) is 17.6. The molecular weight excluding hydrogens is 414 g/mol. The molecule has 1 fully saturated rings. The summed E-state index contributed by atoms with van der Waals surface area (Å²) in [5.41, 5.74) is 3.46. The van der Waals surface area contributed by atoms with Crippen molar-refractivity contribution in [3.8, 4) is 17.1 Å². The Labute approximate surface area is 184 Å². The molecule has 5 rings (SSSR count). The first kappa shape index (κ1) is 19.5. The molecule has 2 aromatic carbocycles. The SMILES string of the molecule is Cc1nn(-c2ccc(-c3noc(C4CCC4)n3)cc2)cc1C(=O)Nc1cccc(Cl)c1. The first-order chi connectivity index (χ1) is 15.1. The largest absolute Gasteiger partial charge is 0.339 e. The molecule has 1 saturated carbocycles. The summed E-state index contributed by atoms with van der Waals surface area (Å²) in [5.74, 6) is 1.48. The van der Waals surface area contributed by atoms with Crippen molar-refractivity contribution >= 4 is 23.2 Å². The molecule has 0 saturated heterocycles. The summed E-state index contributed by atoms with van der Waals surface area (Å²) in [6.07, 6.45) is 5.17. The van der Waals surface area contributed by atoms with E-state index < -0.39 is 0 Å². The Balaban J connectivity index is 1.33. The van der Waals surface area contributed by atoms with Crippen molar-refractivity contribution in [2.75, 3.05) is 5.32 Å². The van der Waals surface area contributed by atoms with Crippen LogP contribution in [0.1, 0.15) is 47.1 Å². The Kier molecular flexibility index (Phi) is 5.03. The Morgan fingerprint density at radius 2 is 2.00 bits per heavy atom. The summed E-state index contributed by atoms with van der Waals surface area (Å²) in [6, 6.07) is 14.7. The topological polar surface area (TPSA) is 85.8 Å². The Morgan fingerprint density at radius 1 is 1.19 bits per heavy atom. The van der Waals surface area contributed by atoms with Gasteiger partial charge in [-0.2, -0.15) is 10.1 Å². The number of carbonyl (C=O) groups is 1. The van der Waals surface area contributed by atoms with Gasteiger partial charge in [-0.15, -0.1) is 0 Å². The van der Waals surface area contributed by atoms with Crippen LogP contribution in [0.4, 0.5) is 5.69 Å². The van der Waals surface area contributed by atoms with Gasteiger partial charge in [-0.1, -0.05) is 29.2 Å². The smallest absolute Gasteiger partial charge is 0.259 e. The lowest BCUT2D eigenvalue weighted by molar-refractivity contribution is 0.102. The molecule has 2 aromatic heterocycles. The highest BCUT2D eigenvalue weighted by atomic mass is 35.5. The molecule has 1 aliphatic rings. The lowest BCUT2D eigenvalue weighted by atomic mass is 9.85. The number of hydrogen-bond acceptors (Lipinski definition) is 5. The number of nitrogens with zero attached hydrogens (tertiary/aromatic N) is 4. The van der Waals surface area contributed by atoms with E-state index in [1.807, 2.05) is 24.3 Å². The van der Waals surface area contributed by atoms with Gasteiger partial charge in [0.2, 0.25) is 11.7 Å². The maximum absolute atomic E-state index is 12.7. The lowest BCUT2D eigenvalue weighted by Gasteiger charge is -2.20. The van der Waals surface area contributed by atoms with E-state index in [4.69, 9.17) is 16.1 Å². The van der Waals surface area contributed by atoms with Crippen molar-refractivity contribution in [2.24, 2.45) is 0 Å². The fourth-order valence-corrected chi connectivity index (χ4v) is 3.71. The van der Waals surface area contributed by atoms with Gasteiger partial charge in [0.1, 0.15) is 0 Å². The lowest BCUT2D eigenvalue weighted by Crippen LogP contribution is -2.12. The van der Waals surface area contributed by atoms with Crippen LogP contribution in [0.3, 0.4) is 0 Å². The maximum atomic E-state index is 12.7. The third-order valence-electron chi connectivity index (χ3n) is 5.51. The van der Waals surface area contributed by atoms with Crippen molar-refractivity contribution in [2.45, 2.75) is 32.1 Å². The normalized spacial score (nSPS) is 13.7. The monoisotopic (exact) mass is 433 g/mol. The fourth-order valence-electron chi connectivity index (χ4n) is 3.52. The first-order valence-electron chi connectivity index (χ1n) is 10.1. The van der Waals surface area contributed by atoms with Crippen LogP contribution in [0, 0.1) is 6.92 Å². The molecule has 2 heterocycles. The quantitative estimate of drug-likeness (QED) is 0.455. The molecule has 4 aromatic rings. The number of benzene rings is 2. The molecule has 156 valence electrons. The van der Waals surface area contributed by atoms with E-state index in [2.05, 4.69) is 20.6 Å². The minimum atomic E-state index is -0.238. The van der Waals surface area contributed by atoms with Crippen LogP contribution >= 0.6 is 11.6 Å². The van der Waals surface area contributed by atoms with Crippen LogP contribution in [0.2, 0.25) is 5.02 Å². The molecule has 0 bridgehead atoms. The van der Waals surface area contributed by atoms with Crippen molar-refractivity contribution in [3.63, 3.8) is 0 Å². The summed E-state index contributed by atoms with van der Waals surface area (Å²) in [7, 11) is 0. The summed E-state index contributed by atoms with van der Waals surface area (Å²) in [6.45, 7) is 1.80. The zero-order valence-electron chi connectivity index (χ0n) is 16.9. The molecule has 0 radical (unpaired) electrons. The molecule has 31 heavy (non-hydrogen) atoms. The molecule has 0 atom stereocenters. The number of anilines is 1. The predicted octanol–water partition coefficient (Wildman–Crippen LogP) is 5.40. The number of rotatable bonds is 5. The fraction of sp³-hybridized carbons (Fsp3) is 0.217. The number of amides is 1. The third-order valence-corrected chi connectivity index (χ3v) is 5.75. The van der Waals surface area contributed by atoms with Crippen LogP contribution in [-0.2, 0) is 0 Å². The van der Waals surface area contributed by atoms with E-state index in [0.29, 0.717) is 33.7 Å². The number of aromatic nitrogens is 4. The highest BCUT2D eigenvalue weighted by Gasteiger charge is 2.25. The van der Waals surface area contributed by atoms with E-state index in [0.717, 1.165) is 30.0 Å². The second-order valence-electron chi connectivity index (χ2n) is 7.67. The van der Waals surface area contributed by atoms with Crippen molar-refractivity contribution in [3.05, 3.63) is 76.9 Å². The van der Waals surface area contributed by atoms with Crippen LogP contribution in [0.15, 0.2) is 59.3 Å². The summed E-state index contributed by atoms with van der Waals surface area (Å²) in [5, 5.41) is 12.0. The average Bonchev–Trinajstić information content (AvgIpc) is 3.34. The molecule has 0 aliphatic heterocycles. The zero-order chi connectivity index (χ0) is 21.4. The summed E-state index contributed by atoms with van der Waals surface area (Å²) in [4.78, 5) is 17.2. The van der Waals surface area contributed by atoms with E-state index in [1.54, 1.807) is 42.1 Å². The number of aryl methyl sites for hydroxylation is 1. The third kappa shape index (κ3) is 3.96. The van der Waals surface area contributed by atoms with Gasteiger partial charge >= 0.3 is 0 Å². The number of halogens is 1. The van der Waals surface area contributed by atoms with Crippen molar-refractivity contribution < 1.29 is 9.32 Å². The van der Waals surface area contributed by atoms with Crippen LogP contribution < -0.4 is 5.32 Å². The van der Waals surface area contributed by atoms with Gasteiger partial charge in [0.25, 0.3) is 5.91 Å². The summed E-state index contributed by atoms with van der Waals surface area (Å²) >= 11 is 5.99. The van der Waals surface area contributed by atoms with Gasteiger partial charge in [-0.05, 0) is 62.2 Å². The molecule has 0 spiro atoms. The number of nitrogens with one attached hydrogen (secondary N) is 1. The van der Waals surface area contributed by atoms with Crippen LogP contribution in [0.5, 0.6) is 0 Å². The highest BCUT2D eigenvalue weighted by Crippen LogP contribution is 2.36. The second kappa shape index (κ2) is 8.00. The molecule has 7 nitrogen and oxygen atoms in total. The molecule has 1 aliphatic carbocycles. The predicted molar refractivity (Wildman–Crippen MR) is 118 cm³/mol. The van der Waals surface area contributed by atoms with Crippen LogP contribution in [0.25, 0.3) is 17.1 Å². The van der Waals surface area contributed by atoms with E-state index in [1.165, 1.54) is 6.42 Å². The average molecular weight is 434 g/mol.